The first-order valence-electron chi connectivity index (χ1n) is 10.9. The lowest BCUT2D eigenvalue weighted by Crippen LogP contribution is -2.50. The Hall–Kier alpha value is -1.78. The van der Waals surface area contributed by atoms with Gasteiger partial charge in [0.05, 0.1) is 32.1 Å². The molecule has 2 saturated carbocycles. The van der Waals surface area contributed by atoms with E-state index in [4.69, 9.17) is 9.47 Å². The highest BCUT2D eigenvalue weighted by atomic mass is 32.2. The molecule has 172 valence electrons. The molecule has 1 amide bonds. The second-order valence-electron chi connectivity index (χ2n) is 9.40. The van der Waals surface area contributed by atoms with Gasteiger partial charge in [0, 0.05) is 29.9 Å². The number of hydrogen-bond donors (Lipinski definition) is 1. The third-order valence-corrected chi connectivity index (χ3v) is 7.79. The molecule has 2 heterocycles. The van der Waals surface area contributed by atoms with Crippen molar-refractivity contribution in [3.63, 3.8) is 0 Å². The fraction of sp³-hybridized carbons (Fsp3) is 0.762. The average Bonchev–Trinajstić information content (AvgIpc) is 3.36. The molecule has 1 aliphatic heterocycles. The number of rotatable bonds is 6. The Balaban J connectivity index is 1.39. The number of sulfonamides is 1. The van der Waals surface area contributed by atoms with Crippen LogP contribution in [0.1, 0.15) is 50.4 Å². The largest absolute Gasteiger partial charge is 0.453 e. The molecule has 1 N–H and O–H groups in total. The van der Waals surface area contributed by atoms with Gasteiger partial charge < -0.3 is 9.47 Å². The predicted molar refractivity (Wildman–Crippen MR) is 114 cm³/mol. The van der Waals surface area contributed by atoms with Crippen molar-refractivity contribution in [2.45, 2.75) is 75.6 Å². The van der Waals surface area contributed by atoms with Crippen molar-refractivity contribution >= 4 is 16.1 Å². The molecule has 3 unspecified atom stereocenters. The van der Waals surface area contributed by atoms with Gasteiger partial charge in [-0.15, -0.1) is 0 Å². The van der Waals surface area contributed by atoms with Crippen molar-refractivity contribution in [3.05, 3.63) is 23.8 Å². The van der Waals surface area contributed by atoms with Gasteiger partial charge in [-0.1, -0.05) is 0 Å². The molecule has 1 aromatic rings. The van der Waals surface area contributed by atoms with Crippen molar-refractivity contribution < 1.29 is 22.7 Å². The summed E-state index contributed by atoms with van der Waals surface area (Å²) in [6.07, 6.45) is 8.95. The SMILES string of the molecule is COC(=O)N1[C@H](C)C[C@H](NS(C)(=O)=O)[C@@H]1COC1CCC2(c3ncc(C)cn3)CC2C1. The van der Waals surface area contributed by atoms with Crippen LogP contribution in [0.4, 0.5) is 4.79 Å². The molecule has 1 saturated heterocycles. The van der Waals surface area contributed by atoms with Gasteiger partial charge in [-0.3, -0.25) is 4.90 Å². The minimum atomic E-state index is -3.41. The highest BCUT2D eigenvalue weighted by Gasteiger charge is 2.60. The summed E-state index contributed by atoms with van der Waals surface area (Å²) in [6.45, 7) is 4.16. The third-order valence-electron chi connectivity index (χ3n) is 7.06. The topological polar surface area (TPSA) is 111 Å². The summed E-state index contributed by atoms with van der Waals surface area (Å²) in [7, 11) is -2.07. The summed E-state index contributed by atoms with van der Waals surface area (Å²) in [5.74, 6) is 1.46. The maximum Gasteiger partial charge on any atom is 0.410 e. The number of nitrogens with one attached hydrogen (secondary N) is 1. The van der Waals surface area contributed by atoms with Gasteiger partial charge in [-0.25, -0.2) is 27.9 Å². The first-order valence-corrected chi connectivity index (χ1v) is 12.8. The van der Waals surface area contributed by atoms with Crippen LogP contribution >= 0.6 is 0 Å². The smallest absolute Gasteiger partial charge is 0.410 e. The van der Waals surface area contributed by atoms with Crippen LogP contribution in [0.2, 0.25) is 0 Å². The number of likely N-dealkylation sites (tertiary alicyclic amines) is 1. The molecule has 6 atom stereocenters. The highest BCUT2D eigenvalue weighted by molar-refractivity contribution is 7.88. The Morgan fingerprint density at radius 3 is 2.65 bits per heavy atom. The van der Waals surface area contributed by atoms with E-state index in [9.17, 15) is 13.2 Å². The highest BCUT2D eigenvalue weighted by Crippen LogP contribution is 2.61. The standard InChI is InChI=1S/C21H32N4O5S/c1-13-10-22-19(23-11-13)21-6-5-16(8-15(21)9-21)30-12-18-17(24-31(4,27)28)7-14(2)25(18)20(26)29-3/h10-11,14-18,24H,5-9,12H2,1-4H3/t14-,15?,16?,17+,18+,21?/m1/s1. The molecule has 1 aromatic heterocycles. The van der Waals surface area contributed by atoms with Crippen LogP contribution in [0.3, 0.4) is 0 Å². The van der Waals surface area contributed by atoms with E-state index in [1.54, 1.807) is 4.90 Å². The molecule has 0 radical (unpaired) electrons. The van der Waals surface area contributed by atoms with Crippen molar-refractivity contribution in [1.82, 2.24) is 19.6 Å². The number of amides is 1. The van der Waals surface area contributed by atoms with Crippen LogP contribution in [0, 0.1) is 12.8 Å². The zero-order chi connectivity index (χ0) is 22.4. The number of nitrogens with zero attached hydrogens (tertiary/aromatic N) is 3. The lowest BCUT2D eigenvalue weighted by Gasteiger charge is -2.32. The van der Waals surface area contributed by atoms with Gasteiger partial charge in [0.1, 0.15) is 5.82 Å². The normalized spacial score (nSPS) is 35.0. The van der Waals surface area contributed by atoms with E-state index < -0.39 is 28.2 Å². The number of fused-ring (bicyclic) bond motifs is 1. The van der Waals surface area contributed by atoms with Crippen LogP contribution < -0.4 is 4.72 Å². The summed E-state index contributed by atoms with van der Waals surface area (Å²) in [5, 5.41) is 0. The number of aromatic nitrogens is 2. The Morgan fingerprint density at radius 2 is 2.03 bits per heavy atom. The molecule has 3 fully saturated rings. The van der Waals surface area contributed by atoms with Crippen LogP contribution in [-0.4, -0.2) is 73.6 Å². The minimum Gasteiger partial charge on any atom is -0.453 e. The second kappa shape index (κ2) is 8.29. The monoisotopic (exact) mass is 452 g/mol. The fourth-order valence-electron chi connectivity index (χ4n) is 5.45. The maximum atomic E-state index is 12.3. The first-order chi connectivity index (χ1) is 14.6. The fourth-order valence-corrected chi connectivity index (χ4v) is 6.25. The number of methoxy groups -OCH3 is 1. The molecule has 9 nitrogen and oxygen atoms in total. The number of ether oxygens (including phenoxy) is 2. The van der Waals surface area contributed by atoms with Crippen LogP contribution in [0.5, 0.6) is 0 Å². The number of hydrogen-bond acceptors (Lipinski definition) is 7. The van der Waals surface area contributed by atoms with Crippen molar-refractivity contribution in [2.75, 3.05) is 20.0 Å². The molecule has 2 aliphatic carbocycles. The van der Waals surface area contributed by atoms with E-state index in [1.807, 2.05) is 26.2 Å². The van der Waals surface area contributed by atoms with Crippen molar-refractivity contribution in [2.24, 2.45) is 5.92 Å². The zero-order valence-electron chi connectivity index (χ0n) is 18.6. The van der Waals surface area contributed by atoms with Crippen molar-refractivity contribution in [3.8, 4) is 0 Å². The molecule has 31 heavy (non-hydrogen) atoms. The van der Waals surface area contributed by atoms with E-state index in [-0.39, 0.29) is 24.2 Å². The van der Waals surface area contributed by atoms with Crippen molar-refractivity contribution in [1.29, 1.82) is 0 Å². The van der Waals surface area contributed by atoms with E-state index in [0.717, 1.165) is 43.3 Å². The van der Waals surface area contributed by atoms with Gasteiger partial charge in [0.25, 0.3) is 0 Å². The van der Waals surface area contributed by atoms with E-state index in [1.165, 1.54) is 7.11 Å². The second-order valence-corrected chi connectivity index (χ2v) is 11.2. The third kappa shape index (κ3) is 4.56. The lowest BCUT2D eigenvalue weighted by atomic mass is 9.86. The van der Waals surface area contributed by atoms with Gasteiger partial charge in [-0.2, -0.15) is 0 Å². The average molecular weight is 453 g/mol. The maximum absolute atomic E-state index is 12.3. The summed E-state index contributed by atoms with van der Waals surface area (Å²) >= 11 is 0. The van der Waals surface area contributed by atoms with Crippen LogP contribution in [0.15, 0.2) is 12.4 Å². The molecule has 0 spiro atoms. The summed E-state index contributed by atoms with van der Waals surface area (Å²) in [4.78, 5) is 23.1. The van der Waals surface area contributed by atoms with Gasteiger partial charge >= 0.3 is 6.09 Å². The number of carbonyl (C=O) groups excluding carboxylic acids is 1. The van der Waals surface area contributed by atoms with E-state index >= 15 is 0 Å². The molecular formula is C21H32N4O5S. The van der Waals surface area contributed by atoms with Crippen LogP contribution in [-0.2, 0) is 24.9 Å². The van der Waals surface area contributed by atoms with E-state index in [2.05, 4.69) is 14.7 Å². The van der Waals surface area contributed by atoms with Crippen LogP contribution in [0.25, 0.3) is 0 Å². The molecule has 0 bridgehead atoms. The first kappa shape index (κ1) is 22.4. The Morgan fingerprint density at radius 1 is 1.32 bits per heavy atom. The zero-order valence-corrected chi connectivity index (χ0v) is 19.4. The summed E-state index contributed by atoms with van der Waals surface area (Å²) < 4.78 is 37.5. The minimum absolute atomic E-state index is 0.0837. The molecule has 0 aromatic carbocycles. The molecule has 3 aliphatic rings. The summed E-state index contributed by atoms with van der Waals surface area (Å²) in [6, 6.07) is -0.932. The summed E-state index contributed by atoms with van der Waals surface area (Å²) in [5.41, 5.74) is 1.15. The van der Waals surface area contributed by atoms with E-state index in [0.29, 0.717) is 12.3 Å². The Labute approximate surface area is 184 Å². The Bertz CT molecular complexity index is 924. The lowest BCUT2D eigenvalue weighted by molar-refractivity contribution is -0.0103. The molecule has 4 rings (SSSR count). The van der Waals surface area contributed by atoms with Gasteiger partial charge in [-0.05, 0) is 57.4 Å². The Kier molecular flexibility index (Phi) is 5.99. The van der Waals surface area contributed by atoms with Gasteiger partial charge in [0.2, 0.25) is 10.0 Å². The number of aryl methyl sites for hydroxylation is 1. The van der Waals surface area contributed by atoms with Gasteiger partial charge in [0.15, 0.2) is 0 Å². The molecular weight excluding hydrogens is 420 g/mol. The molecule has 10 heteroatoms. The predicted octanol–water partition coefficient (Wildman–Crippen LogP) is 1.76. The quantitative estimate of drug-likeness (QED) is 0.700. The number of carbonyl (C=O) groups is 1.